The quantitative estimate of drug-likeness (QED) is 0.347. The monoisotopic (exact) mass is 443 g/mol. The summed E-state index contributed by atoms with van der Waals surface area (Å²) in [5.74, 6) is 0.575. The lowest BCUT2D eigenvalue weighted by Crippen LogP contribution is -2.30. The number of hydrogen-bond acceptors (Lipinski definition) is 7. The molecular formula is C22H21NO5S2. The lowest BCUT2D eigenvalue weighted by atomic mass is 10.1. The summed E-state index contributed by atoms with van der Waals surface area (Å²) in [5.41, 5.74) is 1.84. The maximum absolute atomic E-state index is 12.6. The summed E-state index contributed by atoms with van der Waals surface area (Å²) in [6.45, 7) is 0.625. The minimum absolute atomic E-state index is 0.0947. The molecule has 1 aliphatic heterocycles. The van der Waals surface area contributed by atoms with E-state index in [9.17, 15) is 9.59 Å². The third-order valence-corrected chi connectivity index (χ3v) is 5.74. The van der Waals surface area contributed by atoms with Crippen LogP contribution >= 0.6 is 24.0 Å². The van der Waals surface area contributed by atoms with Crippen LogP contribution in [0.5, 0.6) is 11.5 Å². The molecule has 0 unspecified atom stereocenters. The largest absolute Gasteiger partial charge is 0.493 e. The Kier molecular flexibility index (Phi) is 7.48. The molecule has 2 aromatic rings. The van der Waals surface area contributed by atoms with Crippen molar-refractivity contribution >= 4 is 46.3 Å². The summed E-state index contributed by atoms with van der Waals surface area (Å²) in [7, 11) is 2.88. The van der Waals surface area contributed by atoms with Crippen molar-refractivity contribution in [3.05, 3.63) is 64.6 Å². The fraction of sp³-hybridized carbons (Fsp3) is 0.227. The molecule has 2 aromatic carbocycles. The van der Waals surface area contributed by atoms with Gasteiger partial charge in [-0.2, -0.15) is 0 Å². The van der Waals surface area contributed by atoms with E-state index < -0.39 is 0 Å². The second-order valence-electron chi connectivity index (χ2n) is 6.34. The number of thioether (sulfide) groups is 1. The second kappa shape index (κ2) is 10.3. The minimum Gasteiger partial charge on any atom is -0.493 e. The zero-order chi connectivity index (χ0) is 21.5. The Morgan fingerprint density at radius 2 is 1.90 bits per heavy atom. The molecule has 1 amide bonds. The fourth-order valence-electron chi connectivity index (χ4n) is 2.78. The highest BCUT2D eigenvalue weighted by molar-refractivity contribution is 8.26. The van der Waals surface area contributed by atoms with Gasteiger partial charge in [0, 0.05) is 6.54 Å². The standard InChI is InChI=1S/C22H21NO5S2/c1-26-18-12-16(8-9-17(18)28-14-15-6-4-3-5-7-15)13-19-21(25)23(22(29)30-19)11-10-20(24)27-2/h3-9,12-13H,10-11,14H2,1-2H3/b19-13-. The Morgan fingerprint density at radius 3 is 2.60 bits per heavy atom. The molecule has 156 valence electrons. The van der Waals surface area contributed by atoms with E-state index in [2.05, 4.69) is 4.74 Å². The van der Waals surface area contributed by atoms with E-state index in [1.807, 2.05) is 42.5 Å². The number of nitrogens with zero attached hydrogens (tertiary/aromatic N) is 1. The Morgan fingerprint density at radius 1 is 1.13 bits per heavy atom. The van der Waals surface area contributed by atoms with Gasteiger partial charge in [0.25, 0.3) is 5.91 Å². The molecule has 0 atom stereocenters. The first-order valence-corrected chi connectivity index (χ1v) is 10.4. The molecule has 0 bridgehead atoms. The van der Waals surface area contributed by atoms with Crippen molar-refractivity contribution < 1.29 is 23.8 Å². The average molecular weight is 444 g/mol. The fourth-order valence-corrected chi connectivity index (χ4v) is 4.09. The highest BCUT2D eigenvalue weighted by atomic mass is 32.2. The Hall–Kier alpha value is -2.84. The van der Waals surface area contributed by atoms with E-state index in [1.54, 1.807) is 19.3 Å². The predicted molar refractivity (Wildman–Crippen MR) is 120 cm³/mol. The first-order chi connectivity index (χ1) is 14.5. The van der Waals surface area contributed by atoms with E-state index >= 15 is 0 Å². The van der Waals surface area contributed by atoms with Crippen LogP contribution in [0, 0.1) is 0 Å². The van der Waals surface area contributed by atoms with Gasteiger partial charge in [0.2, 0.25) is 0 Å². The molecule has 6 nitrogen and oxygen atoms in total. The summed E-state index contributed by atoms with van der Waals surface area (Å²) < 4.78 is 16.4. The maximum Gasteiger partial charge on any atom is 0.307 e. The molecule has 1 aliphatic rings. The van der Waals surface area contributed by atoms with Crippen molar-refractivity contribution in [2.75, 3.05) is 20.8 Å². The molecule has 0 aliphatic carbocycles. The van der Waals surface area contributed by atoms with Crippen molar-refractivity contribution in [3.8, 4) is 11.5 Å². The zero-order valence-corrected chi connectivity index (χ0v) is 18.3. The van der Waals surface area contributed by atoms with Crippen LogP contribution in [0.1, 0.15) is 17.5 Å². The number of methoxy groups -OCH3 is 2. The van der Waals surface area contributed by atoms with Crippen LogP contribution in [0.4, 0.5) is 0 Å². The number of benzene rings is 2. The third-order valence-electron chi connectivity index (χ3n) is 4.36. The molecule has 1 fully saturated rings. The lowest BCUT2D eigenvalue weighted by Gasteiger charge is -2.13. The number of ether oxygens (including phenoxy) is 3. The zero-order valence-electron chi connectivity index (χ0n) is 16.6. The van der Waals surface area contributed by atoms with Crippen LogP contribution < -0.4 is 9.47 Å². The SMILES string of the molecule is COC(=O)CCN1C(=O)/C(=C/c2ccc(OCc3ccccc3)c(OC)c2)SC1=S. The first kappa shape index (κ1) is 21.9. The van der Waals surface area contributed by atoms with Gasteiger partial charge < -0.3 is 14.2 Å². The lowest BCUT2D eigenvalue weighted by molar-refractivity contribution is -0.140. The summed E-state index contributed by atoms with van der Waals surface area (Å²) in [6.07, 6.45) is 1.85. The first-order valence-electron chi connectivity index (χ1n) is 9.18. The topological polar surface area (TPSA) is 65.1 Å². The number of thiocarbonyl (C=S) groups is 1. The number of amides is 1. The summed E-state index contributed by atoms with van der Waals surface area (Å²) in [4.78, 5) is 25.9. The van der Waals surface area contributed by atoms with Gasteiger partial charge in [0.1, 0.15) is 10.9 Å². The number of carbonyl (C=O) groups excluding carboxylic acids is 2. The van der Waals surface area contributed by atoms with Gasteiger partial charge in [0.05, 0.1) is 25.5 Å². The van der Waals surface area contributed by atoms with Crippen molar-refractivity contribution in [2.24, 2.45) is 0 Å². The molecule has 0 saturated carbocycles. The van der Waals surface area contributed by atoms with Crippen LogP contribution in [0.15, 0.2) is 53.4 Å². The van der Waals surface area contributed by atoms with Crippen molar-refractivity contribution in [1.82, 2.24) is 4.90 Å². The molecule has 0 aromatic heterocycles. The molecule has 0 spiro atoms. The highest BCUT2D eigenvalue weighted by Gasteiger charge is 2.32. The van der Waals surface area contributed by atoms with E-state index in [0.29, 0.717) is 27.3 Å². The number of hydrogen-bond donors (Lipinski definition) is 0. The smallest absolute Gasteiger partial charge is 0.307 e. The third kappa shape index (κ3) is 5.40. The molecule has 3 rings (SSSR count). The number of carbonyl (C=O) groups is 2. The van der Waals surface area contributed by atoms with Crippen LogP contribution in [-0.4, -0.2) is 41.9 Å². The second-order valence-corrected chi connectivity index (χ2v) is 8.02. The van der Waals surface area contributed by atoms with Crippen molar-refractivity contribution in [3.63, 3.8) is 0 Å². The van der Waals surface area contributed by atoms with E-state index in [4.69, 9.17) is 21.7 Å². The van der Waals surface area contributed by atoms with Gasteiger partial charge in [-0.3, -0.25) is 14.5 Å². The molecule has 30 heavy (non-hydrogen) atoms. The van der Waals surface area contributed by atoms with E-state index in [-0.39, 0.29) is 24.8 Å². The summed E-state index contributed by atoms with van der Waals surface area (Å²) >= 11 is 6.49. The normalized spacial score (nSPS) is 14.9. The van der Waals surface area contributed by atoms with Crippen molar-refractivity contribution in [2.45, 2.75) is 13.0 Å². The Labute approximate surface area is 184 Å². The van der Waals surface area contributed by atoms with E-state index in [0.717, 1.165) is 11.1 Å². The molecule has 0 N–H and O–H groups in total. The number of esters is 1. The van der Waals surface area contributed by atoms with Crippen molar-refractivity contribution in [1.29, 1.82) is 0 Å². The highest BCUT2D eigenvalue weighted by Crippen LogP contribution is 2.35. The van der Waals surface area contributed by atoms with Gasteiger partial charge in [-0.1, -0.05) is 60.4 Å². The molecule has 1 heterocycles. The summed E-state index contributed by atoms with van der Waals surface area (Å²) in [6, 6.07) is 15.3. The Balaban J connectivity index is 1.71. The van der Waals surface area contributed by atoms with Gasteiger partial charge in [-0.25, -0.2) is 0 Å². The average Bonchev–Trinajstić information content (AvgIpc) is 3.03. The van der Waals surface area contributed by atoms with Gasteiger partial charge in [-0.15, -0.1) is 0 Å². The van der Waals surface area contributed by atoms with Crippen LogP contribution in [0.2, 0.25) is 0 Å². The van der Waals surface area contributed by atoms with Gasteiger partial charge in [0.15, 0.2) is 11.5 Å². The van der Waals surface area contributed by atoms with E-state index in [1.165, 1.54) is 23.8 Å². The molecule has 0 radical (unpaired) electrons. The Bertz CT molecular complexity index is 975. The predicted octanol–water partition coefficient (Wildman–Crippen LogP) is 4.04. The van der Waals surface area contributed by atoms with Gasteiger partial charge >= 0.3 is 5.97 Å². The maximum atomic E-state index is 12.6. The van der Waals surface area contributed by atoms with Crippen LogP contribution in [-0.2, 0) is 20.9 Å². The molecular weight excluding hydrogens is 422 g/mol. The minimum atomic E-state index is -0.385. The summed E-state index contributed by atoms with van der Waals surface area (Å²) in [5, 5.41) is 0. The van der Waals surface area contributed by atoms with Crippen LogP contribution in [0.3, 0.4) is 0 Å². The number of rotatable bonds is 8. The van der Waals surface area contributed by atoms with Gasteiger partial charge in [-0.05, 0) is 29.3 Å². The molecule has 1 saturated heterocycles. The molecule has 8 heteroatoms. The van der Waals surface area contributed by atoms with Crippen LogP contribution in [0.25, 0.3) is 6.08 Å².